The van der Waals surface area contributed by atoms with Crippen LogP contribution in [0.5, 0.6) is 0 Å². The Bertz CT molecular complexity index is 575. The van der Waals surface area contributed by atoms with Crippen molar-refractivity contribution >= 4 is 34.8 Å². The van der Waals surface area contributed by atoms with Crippen LogP contribution >= 0.6 is 23.2 Å². The summed E-state index contributed by atoms with van der Waals surface area (Å²) in [5, 5.41) is 4.07. The number of pyridine rings is 1. The van der Waals surface area contributed by atoms with E-state index in [0.29, 0.717) is 34.1 Å². The van der Waals surface area contributed by atoms with E-state index in [1.807, 2.05) is 18.2 Å². The van der Waals surface area contributed by atoms with E-state index < -0.39 is 0 Å². The minimum Gasteiger partial charge on any atom is -0.368 e. The molecule has 0 aliphatic heterocycles. The lowest BCUT2D eigenvalue weighted by Crippen LogP contribution is -2.14. The quantitative estimate of drug-likeness (QED) is 0.579. The number of nitrogen functional groups attached to an aromatic ring is 1. The van der Waals surface area contributed by atoms with Gasteiger partial charge in [-0.25, -0.2) is 10.8 Å². The van der Waals surface area contributed by atoms with E-state index in [4.69, 9.17) is 29.0 Å². The highest BCUT2D eigenvalue weighted by Crippen LogP contribution is 2.29. The van der Waals surface area contributed by atoms with Crippen LogP contribution in [0.1, 0.15) is 18.4 Å². The number of halogens is 2. The van der Waals surface area contributed by atoms with Crippen molar-refractivity contribution in [1.29, 1.82) is 0 Å². The summed E-state index contributed by atoms with van der Waals surface area (Å²) in [4.78, 5) is 4.24. The van der Waals surface area contributed by atoms with Gasteiger partial charge in [0.15, 0.2) is 5.82 Å². The Morgan fingerprint density at radius 3 is 2.45 bits per heavy atom. The van der Waals surface area contributed by atoms with E-state index in [1.165, 1.54) is 5.56 Å². The molecule has 4 N–H and O–H groups in total. The van der Waals surface area contributed by atoms with Crippen LogP contribution in [0, 0.1) is 0 Å². The molecule has 20 heavy (non-hydrogen) atoms. The number of hydrazine groups is 1. The van der Waals surface area contributed by atoms with Crippen LogP contribution in [0.2, 0.25) is 10.0 Å². The van der Waals surface area contributed by atoms with E-state index >= 15 is 0 Å². The number of benzene rings is 1. The predicted octanol–water partition coefficient (Wildman–Crippen LogP) is 3.89. The number of rotatable bonds is 5. The Morgan fingerprint density at radius 1 is 1.15 bits per heavy atom. The minimum atomic E-state index is 0.332. The van der Waals surface area contributed by atoms with Gasteiger partial charge in [0.25, 0.3) is 0 Å². The fourth-order valence-corrected chi connectivity index (χ4v) is 2.32. The van der Waals surface area contributed by atoms with Crippen LogP contribution in [-0.2, 0) is 0 Å². The molecule has 0 saturated heterocycles. The molecule has 1 aromatic carbocycles. The standard InChI is InChI=1S/C14H16Cl2N4/c1-9(10-5-3-2-4-6-10)8-18-13-11(15)7-12(16)14(19-13)20-17/h2-7,9H,8,17H2,1H3,(H2,18,19,20). The first-order chi connectivity index (χ1) is 9.61. The van der Waals surface area contributed by atoms with Crippen LogP contribution in [0.4, 0.5) is 11.6 Å². The molecule has 0 spiro atoms. The van der Waals surface area contributed by atoms with Gasteiger partial charge in [-0.2, -0.15) is 0 Å². The average Bonchev–Trinajstić information content (AvgIpc) is 2.47. The van der Waals surface area contributed by atoms with Crippen LogP contribution in [0.3, 0.4) is 0 Å². The molecule has 2 rings (SSSR count). The third-order valence-corrected chi connectivity index (χ3v) is 3.59. The summed E-state index contributed by atoms with van der Waals surface area (Å²) in [5.74, 6) is 6.64. The number of aromatic nitrogens is 1. The molecule has 1 aromatic heterocycles. The number of nitrogens with zero attached hydrogens (tertiary/aromatic N) is 1. The van der Waals surface area contributed by atoms with Crippen molar-refractivity contribution in [1.82, 2.24) is 4.98 Å². The molecule has 0 aliphatic carbocycles. The number of nitrogens with two attached hydrogens (primary N) is 1. The summed E-state index contributed by atoms with van der Waals surface area (Å²) in [6, 6.07) is 11.8. The largest absolute Gasteiger partial charge is 0.368 e. The van der Waals surface area contributed by atoms with Gasteiger partial charge in [0.1, 0.15) is 5.82 Å². The molecule has 1 unspecified atom stereocenters. The monoisotopic (exact) mass is 310 g/mol. The van der Waals surface area contributed by atoms with Gasteiger partial charge in [-0.15, -0.1) is 0 Å². The summed E-state index contributed by atoms with van der Waals surface area (Å²) < 4.78 is 0. The molecule has 106 valence electrons. The molecule has 0 aliphatic rings. The fraction of sp³-hybridized carbons (Fsp3) is 0.214. The molecule has 0 fully saturated rings. The molecule has 0 saturated carbocycles. The minimum absolute atomic E-state index is 0.332. The van der Waals surface area contributed by atoms with Crippen molar-refractivity contribution in [3.63, 3.8) is 0 Å². The lowest BCUT2D eigenvalue weighted by Gasteiger charge is -2.15. The van der Waals surface area contributed by atoms with E-state index in [-0.39, 0.29) is 0 Å². The van der Waals surface area contributed by atoms with Gasteiger partial charge in [0.2, 0.25) is 0 Å². The Labute approximate surface area is 128 Å². The average molecular weight is 311 g/mol. The molecule has 2 aromatic rings. The van der Waals surface area contributed by atoms with Gasteiger partial charge in [0.05, 0.1) is 10.0 Å². The molecule has 1 atom stereocenters. The second kappa shape index (κ2) is 6.79. The zero-order valence-electron chi connectivity index (χ0n) is 11.0. The summed E-state index contributed by atoms with van der Waals surface area (Å²) in [6.07, 6.45) is 0. The molecule has 0 radical (unpaired) electrons. The fourth-order valence-electron chi connectivity index (χ4n) is 1.84. The third kappa shape index (κ3) is 3.54. The van der Waals surface area contributed by atoms with Crippen LogP contribution < -0.4 is 16.6 Å². The zero-order valence-corrected chi connectivity index (χ0v) is 12.5. The van der Waals surface area contributed by atoms with Crippen molar-refractivity contribution in [2.24, 2.45) is 5.84 Å². The second-order valence-corrected chi connectivity index (χ2v) is 5.30. The SMILES string of the molecule is CC(CNc1nc(NN)c(Cl)cc1Cl)c1ccccc1. The van der Waals surface area contributed by atoms with E-state index in [1.54, 1.807) is 6.07 Å². The van der Waals surface area contributed by atoms with Gasteiger partial charge in [0, 0.05) is 6.54 Å². The van der Waals surface area contributed by atoms with E-state index in [9.17, 15) is 0 Å². The maximum absolute atomic E-state index is 6.11. The smallest absolute Gasteiger partial charge is 0.161 e. The molecule has 0 amide bonds. The Morgan fingerprint density at radius 2 is 1.80 bits per heavy atom. The van der Waals surface area contributed by atoms with Gasteiger partial charge in [-0.1, -0.05) is 60.5 Å². The Kier molecular flexibility index (Phi) is 5.06. The number of hydrogen-bond acceptors (Lipinski definition) is 4. The number of nitrogens with one attached hydrogen (secondary N) is 2. The first kappa shape index (κ1) is 14.9. The summed E-state index contributed by atoms with van der Waals surface area (Å²) >= 11 is 12.1. The second-order valence-electron chi connectivity index (χ2n) is 4.49. The normalized spacial score (nSPS) is 12.0. The van der Waals surface area contributed by atoms with Crippen LogP contribution in [0.25, 0.3) is 0 Å². The zero-order chi connectivity index (χ0) is 14.5. The van der Waals surface area contributed by atoms with Gasteiger partial charge < -0.3 is 10.7 Å². The summed E-state index contributed by atoms with van der Waals surface area (Å²) in [6.45, 7) is 2.84. The lowest BCUT2D eigenvalue weighted by molar-refractivity contribution is 0.801. The van der Waals surface area contributed by atoms with Crippen LogP contribution in [-0.4, -0.2) is 11.5 Å². The summed E-state index contributed by atoms with van der Waals surface area (Å²) in [7, 11) is 0. The van der Waals surface area contributed by atoms with Crippen molar-refractivity contribution in [3.05, 3.63) is 52.0 Å². The summed E-state index contributed by atoms with van der Waals surface area (Å²) in [5.41, 5.74) is 3.69. The Balaban J connectivity index is 2.07. The lowest BCUT2D eigenvalue weighted by atomic mass is 10.0. The van der Waals surface area contributed by atoms with Crippen LogP contribution in [0.15, 0.2) is 36.4 Å². The topological polar surface area (TPSA) is 63.0 Å². The van der Waals surface area contributed by atoms with Gasteiger partial charge in [-0.3, -0.25) is 0 Å². The Hall–Kier alpha value is -1.49. The highest BCUT2D eigenvalue weighted by atomic mass is 35.5. The van der Waals surface area contributed by atoms with Gasteiger partial charge >= 0.3 is 0 Å². The molecular weight excluding hydrogens is 295 g/mol. The number of hydrogen-bond donors (Lipinski definition) is 3. The first-order valence-corrected chi connectivity index (χ1v) is 6.99. The third-order valence-electron chi connectivity index (χ3n) is 3.01. The van der Waals surface area contributed by atoms with Gasteiger partial charge in [-0.05, 0) is 17.5 Å². The predicted molar refractivity (Wildman–Crippen MR) is 85.4 cm³/mol. The molecule has 4 nitrogen and oxygen atoms in total. The molecule has 0 bridgehead atoms. The highest BCUT2D eigenvalue weighted by Gasteiger charge is 2.10. The molecule has 1 heterocycles. The molecule has 6 heteroatoms. The van der Waals surface area contributed by atoms with Crippen molar-refractivity contribution in [2.45, 2.75) is 12.8 Å². The van der Waals surface area contributed by atoms with Crippen molar-refractivity contribution < 1.29 is 0 Å². The van der Waals surface area contributed by atoms with Crippen molar-refractivity contribution in [2.75, 3.05) is 17.3 Å². The maximum atomic E-state index is 6.11. The maximum Gasteiger partial charge on any atom is 0.161 e. The van der Waals surface area contributed by atoms with Crippen molar-refractivity contribution in [3.8, 4) is 0 Å². The highest BCUT2D eigenvalue weighted by molar-refractivity contribution is 6.37. The molecular formula is C14H16Cl2N4. The number of anilines is 2. The first-order valence-electron chi connectivity index (χ1n) is 6.23. The van der Waals surface area contributed by atoms with E-state index in [2.05, 4.69) is 34.8 Å². The van der Waals surface area contributed by atoms with E-state index in [0.717, 1.165) is 0 Å².